The molecule has 0 heterocycles. The Labute approximate surface area is 104 Å². The summed E-state index contributed by atoms with van der Waals surface area (Å²) in [4.78, 5) is 20.9. The second-order valence-corrected chi connectivity index (χ2v) is 3.86. The first-order valence-electron chi connectivity index (χ1n) is 5.30. The maximum absolute atomic E-state index is 10.9. The number of hydrogen-bond donors (Lipinski definition) is 3. The summed E-state index contributed by atoms with van der Waals surface area (Å²) < 4.78 is 0. The van der Waals surface area contributed by atoms with Crippen molar-refractivity contribution in [3.63, 3.8) is 0 Å². The maximum Gasteiger partial charge on any atom is 0.374 e. The van der Waals surface area contributed by atoms with Crippen molar-refractivity contribution in [1.82, 2.24) is 5.23 Å². The zero-order valence-electron chi connectivity index (χ0n) is 9.74. The summed E-state index contributed by atoms with van der Waals surface area (Å²) in [5.74, 6) is -1.09. The zero-order chi connectivity index (χ0) is 13.7. The second-order valence-electron chi connectivity index (χ2n) is 3.86. The van der Waals surface area contributed by atoms with Crippen molar-refractivity contribution in [2.45, 2.75) is 19.3 Å². The molecule has 0 amide bonds. The lowest BCUT2D eigenvalue weighted by atomic mass is 9.86. The minimum Gasteiger partial charge on any atom is -0.480 e. The third-order valence-electron chi connectivity index (χ3n) is 2.33. The first kappa shape index (κ1) is 14.1. The molecule has 0 unspecified atom stereocenters. The fourth-order valence-electron chi connectivity index (χ4n) is 1.50. The van der Waals surface area contributed by atoms with Crippen LogP contribution in [0.15, 0.2) is 24.3 Å². The van der Waals surface area contributed by atoms with Gasteiger partial charge < -0.3 is 15.4 Å². The highest BCUT2D eigenvalue weighted by Gasteiger charge is 2.21. The van der Waals surface area contributed by atoms with Crippen LogP contribution in [0.25, 0.3) is 0 Å². The van der Waals surface area contributed by atoms with Crippen molar-refractivity contribution < 1.29 is 19.8 Å². The van der Waals surface area contributed by atoms with E-state index in [4.69, 9.17) is 10.1 Å². The number of non-ortho nitro benzene ring substituents is 1. The van der Waals surface area contributed by atoms with E-state index in [-0.39, 0.29) is 12.1 Å². The zero-order valence-corrected chi connectivity index (χ0v) is 9.74. The number of rotatable bonds is 6. The molecule has 1 aromatic rings. The third-order valence-corrected chi connectivity index (χ3v) is 2.33. The molecule has 0 aromatic heterocycles. The monoisotopic (exact) mass is 252 g/mol. The smallest absolute Gasteiger partial charge is 0.374 e. The maximum atomic E-state index is 10.9. The van der Waals surface area contributed by atoms with Crippen LogP contribution in [0.3, 0.4) is 0 Å². The number of nitrogens with one attached hydrogen (secondary N) is 1. The van der Waals surface area contributed by atoms with E-state index in [0.717, 1.165) is 0 Å². The van der Waals surface area contributed by atoms with Crippen molar-refractivity contribution >= 4 is 18.7 Å². The highest BCUT2D eigenvalue weighted by Crippen LogP contribution is 2.13. The minimum atomic E-state index is -1.09. The van der Waals surface area contributed by atoms with Crippen LogP contribution in [0.5, 0.6) is 0 Å². The predicted octanol–water partition coefficient (Wildman–Crippen LogP) is 0.290. The molecule has 7 nitrogen and oxygen atoms in total. The quantitative estimate of drug-likeness (QED) is 0.381. The lowest BCUT2D eigenvalue weighted by Crippen LogP contribution is -2.46. The lowest BCUT2D eigenvalue weighted by molar-refractivity contribution is -0.384. The minimum absolute atomic E-state index is 0.0471. The summed E-state index contributed by atoms with van der Waals surface area (Å²) in [7, 11) is -0.941. The summed E-state index contributed by atoms with van der Waals surface area (Å²) in [5.41, 5.74) is 0.593. The summed E-state index contributed by atoms with van der Waals surface area (Å²) in [6.45, 7) is 1.42. The third kappa shape index (κ3) is 4.15. The molecule has 0 aliphatic carbocycles. The molecule has 18 heavy (non-hydrogen) atoms. The van der Waals surface area contributed by atoms with Gasteiger partial charge in [0.15, 0.2) is 0 Å². The van der Waals surface area contributed by atoms with Crippen molar-refractivity contribution in [2.75, 3.05) is 0 Å². The van der Waals surface area contributed by atoms with E-state index < -0.39 is 24.0 Å². The van der Waals surface area contributed by atoms with Crippen molar-refractivity contribution in [1.29, 1.82) is 0 Å². The molecule has 96 valence electrons. The molecule has 0 fully saturated rings. The average Bonchev–Trinajstić information content (AvgIpc) is 2.28. The number of nitrogens with zero attached hydrogens (tertiary/aromatic N) is 1. The standard InChI is InChI=1S/C10H13BN2O5/c1-11(16)12-9(10(14)15)6-7-2-4-8(5-3-7)13(17)18/h2-5,9,12,16H,6H2,1H3,(H,14,15)/t9-/m1/s1. The fourth-order valence-corrected chi connectivity index (χ4v) is 1.50. The summed E-state index contributed by atoms with van der Waals surface area (Å²) in [5, 5.41) is 31.0. The van der Waals surface area contributed by atoms with Crippen molar-refractivity contribution in [2.24, 2.45) is 0 Å². The van der Waals surface area contributed by atoms with Crippen LogP contribution in [-0.2, 0) is 11.2 Å². The van der Waals surface area contributed by atoms with Gasteiger partial charge in [-0.05, 0) is 18.8 Å². The molecule has 0 radical (unpaired) electrons. The van der Waals surface area contributed by atoms with Gasteiger partial charge in [0.1, 0.15) is 6.04 Å². The summed E-state index contributed by atoms with van der Waals surface area (Å²) in [6, 6.07) is 4.69. The Bertz CT molecular complexity index is 434. The highest BCUT2D eigenvalue weighted by molar-refractivity contribution is 6.46. The number of nitro benzene ring substituents is 1. The van der Waals surface area contributed by atoms with Crippen LogP contribution in [0, 0.1) is 10.1 Å². The Balaban J connectivity index is 2.75. The second kappa shape index (κ2) is 6.13. The Morgan fingerprint density at radius 2 is 2.06 bits per heavy atom. The summed E-state index contributed by atoms with van der Waals surface area (Å²) in [6.07, 6.45) is 0.137. The Hall–Kier alpha value is -1.93. The van der Waals surface area contributed by atoms with E-state index in [9.17, 15) is 14.9 Å². The van der Waals surface area contributed by atoms with Gasteiger partial charge in [-0.3, -0.25) is 14.9 Å². The van der Waals surface area contributed by atoms with E-state index in [1.54, 1.807) is 0 Å². The molecule has 1 rings (SSSR count). The molecule has 1 aromatic carbocycles. The molecular weight excluding hydrogens is 239 g/mol. The largest absolute Gasteiger partial charge is 0.480 e. The van der Waals surface area contributed by atoms with E-state index in [0.29, 0.717) is 5.56 Å². The van der Waals surface area contributed by atoms with Gasteiger partial charge in [-0.2, -0.15) is 0 Å². The fraction of sp³-hybridized carbons (Fsp3) is 0.300. The predicted molar refractivity (Wildman–Crippen MR) is 65.2 cm³/mol. The van der Waals surface area contributed by atoms with Crippen LogP contribution in [0.2, 0.25) is 6.82 Å². The van der Waals surface area contributed by atoms with Gasteiger partial charge >= 0.3 is 13.0 Å². The first-order valence-corrected chi connectivity index (χ1v) is 5.30. The van der Waals surface area contributed by atoms with Gasteiger partial charge in [0.05, 0.1) is 4.92 Å². The number of hydrogen-bond acceptors (Lipinski definition) is 5. The SMILES string of the molecule is CB(O)N[C@H](Cc1ccc([N+](=O)[O-])cc1)C(=O)O. The number of aliphatic carboxylic acids is 1. The number of carboxylic acids is 1. The van der Waals surface area contributed by atoms with Crippen LogP contribution in [0.1, 0.15) is 5.56 Å². The molecule has 0 aliphatic rings. The molecule has 0 saturated heterocycles. The van der Waals surface area contributed by atoms with E-state index >= 15 is 0 Å². The van der Waals surface area contributed by atoms with E-state index in [2.05, 4.69) is 5.23 Å². The topological polar surface area (TPSA) is 113 Å². The number of benzene rings is 1. The van der Waals surface area contributed by atoms with Gasteiger partial charge in [0.25, 0.3) is 5.69 Å². The normalized spacial score (nSPS) is 11.9. The van der Waals surface area contributed by atoms with Gasteiger partial charge in [-0.25, -0.2) is 0 Å². The molecule has 0 saturated carbocycles. The molecule has 0 aliphatic heterocycles. The number of carboxylic acid groups (broad SMARTS) is 1. The molecule has 0 bridgehead atoms. The molecule has 1 atom stereocenters. The molecule has 8 heteroatoms. The Kier molecular flexibility index (Phi) is 4.81. The van der Waals surface area contributed by atoms with Crippen molar-refractivity contribution in [3.8, 4) is 0 Å². The first-order chi connectivity index (χ1) is 8.40. The van der Waals surface area contributed by atoms with Crippen LogP contribution in [0.4, 0.5) is 5.69 Å². The Morgan fingerprint density at radius 3 is 2.44 bits per heavy atom. The Morgan fingerprint density at radius 1 is 1.50 bits per heavy atom. The van der Waals surface area contributed by atoms with Gasteiger partial charge in [-0.1, -0.05) is 12.1 Å². The van der Waals surface area contributed by atoms with Gasteiger partial charge in [0, 0.05) is 12.1 Å². The van der Waals surface area contributed by atoms with E-state index in [1.165, 1.54) is 31.1 Å². The summed E-state index contributed by atoms with van der Waals surface area (Å²) >= 11 is 0. The number of carbonyl (C=O) groups is 1. The lowest BCUT2D eigenvalue weighted by Gasteiger charge is -2.14. The average molecular weight is 252 g/mol. The van der Waals surface area contributed by atoms with Crippen molar-refractivity contribution in [3.05, 3.63) is 39.9 Å². The number of nitro groups is 1. The molecule has 3 N–H and O–H groups in total. The van der Waals surface area contributed by atoms with Crippen LogP contribution in [-0.4, -0.2) is 34.1 Å². The van der Waals surface area contributed by atoms with Gasteiger partial charge in [-0.15, -0.1) is 0 Å². The van der Waals surface area contributed by atoms with E-state index in [1.807, 2.05) is 0 Å². The molecule has 0 spiro atoms. The highest BCUT2D eigenvalue weighted by atomic mass is 16.6. The van der Waals surface area contributed by atoms with Gasteiger partial charge in [0.2, 0.25) is 0 Å². The van der Waals surface area contributed by atoms with Crippen LogP contribution >= 0.6 is 0 Å². The molecular formula is C10H13BN2O5. The van der Waals surface area contributed by atoms with Crippen LogP contribution < -0.4 is 5.23 Å².